The number of hydrogen-bond acceptors (Lipinski definition) is 6. The molecule has 1 aliphatic rings. The molecule has 0 radical (unpaired) electrons. The Morgan fingerprint density at radius 1 is 1.14 bits per heavy atom. The third kappa shape index (κ3) is 5.23. The van der Waals surface area contributed by atoms with E-state index in [-0.39, 0.29) is 23.9 Å². The molecule has 0 aromatic heterocycles. The van der Waals surface area contributed by atoms with Crippen LogP contribution in [0.3, 0.4) is 0 Å². The highest BCUT2D eigenvalue weighted by molar-refractivity contribution is 8.18. The van der Waals surface area contributed by atoms with Crippen LogP contribution in [0.4, 0.5) is 9.18 Å². The van der Waals surface area contributed by atoms with Crippen molar-refractivity contribution in [1.29, 1.82) is 0 Å². The standard InChI is InChI=1S/C21H18FNO5S/c1-2-27-19(24)12-23-20(25)18(29-21(23)26)11-14-7-9-16(10-8-14)28-13-15-5-3-4-6-17(15)22/h3-11H,2,12-13H2,1H3/b18-11-. The van der Waals surface area contributed by atoms with E-state index in [1.165, 1.54) is 6.07 Å². The van der Waals surface area contributed by atoms with Gasteiger partial charge in [-0.05, 0) is 48.5 Å². The Morgan fingerprint density at radius 2 is 1.86 bits per heavy atom. The Morgan fingerprint density at radius 3 is 2.55 bits per heavy atom. The van der Waals surface area contributed by atoms with Crippen molar-refractivity contribution < 1.29 is 28.2 Å². The van der Waals surface area contributed by atoms with Crippen molar-refractivity contribution in [3.05, 3.63) is 70.4 Å². The number of esters is 1. The molecule has 29 heavy (non-hydrogen) atoms. The maximum absolute atomic E-state index is 13.6. The molecule has 8 heteroatoms. The molecule has 150 valence electrons. The summed E-state index contributed by atoms with van der Waals surface area (Å²) in [6.07, 6.45) is 1.57. The molecule has 1 saturated heterocycles. The van der Waals surface area contributed by atoms with Crippen LogP contribution >= 0.6 is 11.8 Å². The van der Waals surface area contributed by atoms with Crippen molar-refractivity contribution in [2.24, 2.45) is 0 Å². The van der Waals surface area contributed by atoms with Gasteiger partial charge < -0.3 is 9.47 Å². The lowest BCUT2D eigenvalue weighted by molar-refractivity contribution is -0.145. The Hall–Kier alpha value is -3.13. The second-order valence-corrected chi connectivity index (χ2v) is 7.02. The van der Waals surface area contributed by atoms with Crippen molar-refractivity contribution >= 4 is 35.0 Å². The molecule has 2 amide bonds. The predicted molar refractivity (Wildman–Crippen MR) is 106 cm³/mol. The maximum Gasteiger partial charge on any atom is 0.326 e. The van der Waals surface area contributed by atoms with Crippen molar-refractivity contribution in [2.45, 2.75) is 13.5 Å². The van der Waals surface area contributed by atoms with Crippen LogP contribution in [0.1, 0.15) is 18.1 Å². The number of amides is 2. The fraction of sp³-hybridized carbons (Fsp3) is 0.190. The van der Waals surface area contributed by atoms with Crippen LogP contribution in [0.2, 0.25) is 0 Å². The highest BCUT2D eigenvalue weighted by Gasteiger charge is 2.36. The molecule has 0 saturated carbocycles. The SMILES string of the molecule is CCOC(=O)CN1C(=O)S/C(=C\c2ccc(OCc3ccccc3F)cc2)C1=O. The number of ether oxygens (including phenoxy) is 2. The van der Waals surface area contributed by atoms with Gasteiger partial charge in [-0.25, -0.2) is 4.39 Å². The minimum Gasteiger partial charge on any atom is -0.489 e. The topological polar surface area (TPSA) is 72.9 Å². The highest BCUT2D eigenvalue weighted by Crippen LogP contribution is 2.32. The molecule has 0 N–H and O–H groups in total. The molecule has 3 rings (SSSR count). The maximum atomic E-state index is 13.6. The van der Waals surface area contributed by atoms with Gasteiger partial charge in [0.2, 0.25) is 0 Å². The smallest absolute Gasteiger partial charge is 0.326 e. The van der Waals surface area contributed by atoms with E-state index < -0.39 is 23.7 Å². The normalized spacial score (nSPS) is 15.1. The van der Waals surface area contributed by atoms with E-state index >= 15 is 0 Å². The quantitative estimate of drug-likeness (QED) is 0.503. The minimum absolute atomic E-state index is 0.0960. The summed E-state index contributed by atoms with van der Waals surface area (Å²) in [5.74, 6) is -0.955. The van der Waals surface area contributed by atoms with Crippen LogP contribution in [0, 0.1) is 5.82 Å². The Balaban J connectivity index is 1.63. The van der Waals surface area contributed by atoms with Gasteiger partial charge in [-0.1, -0.05) is 30.3 Å². The molecule has 0 spiro atoms. The summed E-state index contributed by atoms with van der Waals surface area (Å²) in [6.45, 7) is 1.52. The molecule has 1 aliphatic heterocycles. The number of rotatable bonds is 7. The van der Waals surface area contributed by atoms with Crippen molar-refractivity contribution in [2.75, 3.05) is 13.2 Å². The number of carbonyl (C=O) groups is 3. The first-order chi connectivity index (χ1) is 14.0. The molecule has 2 aromatic rings. The van der Waals surface area contributed by atoms with E-state index in [0.717, 1.165) is 16.7 Å². The Kier molecular flexibility index (Phi) is 6.66. The van der Waals surface area contributed by atoms with E-state index in [0.29, 0.717) is 16.9 Å². The lowest BCUT2D eigenvalue weighted by Crippen LogP contribution is -2.34. The van der Waals surface area contributed by atoms with Crippen LogP contribution in [-0.4, -0.2) is 35.2 Å². The zero-order valence-corrected chi connectivity index (χ0v) is 16.4. The second kappa shape index (κ2) is 9.38. The third-order valence-corrected chi connectivity index (χ3v) is 4.90. The van der Waals surface area contributed by atoms with Crippen LogP contribution in [0.25, 0.3) is 6.08 Å². The zero-order valence-electron chi connectivity index (χ0n) is 15.6. The average Bonchev–Trinajstić information content (AvgIpc) is 2.96. The van der Waals surface area contributed by atoms with Crippen LogP contribution in [0.15, 0.2) is 53.4 Å². The largest absolute Gasteiger partial charge is 0.489 e. The van der Waals surface area contributed by atoms with Crippen molar-refractivity contribution in [3.8, 4) is 5.75 Å². The van der Waals surface area contributed by atoms with E-state index in [9.17, 15) is 18.8 Å². The number of imide groups is 1. The van der Waals surface area contributed by atoms with Gasteiger partial charge in [-0.3, -0.25) is 19.3 Å². The summed E-state index contributed by atoms with van der Waals surface area (Å²) in [5, 5.41) is -0.515. The summed E-state index contributed by atoms with van der Waals surface area (Å²) >= 11 is 0.768. The van der Waals surface area contributed by atoms with E-state index in [4.69, 9.17) is 9.47 Å². The van der Waals surface area contributed by atoms with E-state index in [1.54, 1.807) is 55.5 Å². The molecule has 0 atom stereocenters. The third-order valence-electron chi connectivity index (χ3n) is 4.00. The first-order valence-electron chi connectivity index (χ1n) is 8.85. The van der Waals surface area contributed by atoms with Gasteiger partial charge in [0.15, 0.2) is 0 Å². The molecular formula is C21H18FNO5S. The van der Waals surface area contributed by atoms with Crippen LogP contribution < -0.4 is 4.74 Å². The number of hydrogen-bond donors (Lipinski definition) is 0. The van der Waals surface area contributed by atoms with Gasteiger partial charge >= 0.3 is 5.97 Å². The zero-order chi connectivity index (χ0) is 20.8. The minimum atomic E-state index is -0.632. The predicted octanol–water partition coefficient (Wildman–Crippen LogP) is 4.00. The Labute approximate surface area is 171 Å². The Bertz CT molecular complexity index is 958. The summed E-state index contributed by atoms with van der Waals surface area (Å²) in [7, 11) is 0. The van der Waals surface area contributed by atoms with Gasteiger partial charge in [-0.15, -0.1) is 0 Å². The summed E-state index contributed by atoms with van der Waals surface area (Å²) in [6, 6.07) is 13.2. The van der Waals surface area contributed by atoms with Crippen molar-refractivity contribution in [1.82, 2.24) is 4.90 Å². The summed E-state index contributed by atoms with van der Waals surface area (Å²) < 4.78 is 24.0. The first-order valence-corrected chi connectivity index (χ1v) is 9.67. The summed E-state index contributed by atoms with van der Waals surface area (Å²) in [5.41, 5.74) is 1.14. The lowest BCUT2D eigenvalue weighted by Gasteiger charge is -2.10. The van der Waals surface area contributed by atoms with Gasteiger partial charge in [0, 0.05) is 5.56 Å². The molecule has 2 aromatic carbocycles. The van der Waals surface area contributed by atoms with Crippen LogP contribution in [0.5, 0.6) is 5.75 Å². The number of halogens is 1. The van der Waals surface area contributed by atoms with Gasteiger partial charge in [-0.2, -0.15) is 0 Å². The number of carbonyl (C=O) groups excluding carboxylic acids is 3. The monoisotopic (exact) mass is 415 g/mol. The molecule has 1 heterocycles. The molecule has 0 aliphatic carbocycles. The van der Waals surface area contributed by atoms with Crippen LogP contribution in [-0.2, 0) is 20.9 Å². The number of nitrogens with zero attached hydrogens (tertiary/aromatic N) is 1. The molecule has 1 fully saturated rings. The van der Waals surface area contributed by atoms with Gasteiger partial charge in [0.05, 0.1) is 11.5 Å². The molecular weight excluding hydrogens is 397 g/mol. The van der Waals surface area contributed by atoms with E-state index in [2.05, 4.69) is 0 Å². The number of thioether (sulfide) groups is 1. The fourth-order valence-electron chi connectivity index (χ4n) is 2.56. The summed E-state index contributed by atoms with van der Waals surface area (Å²) in [4.78, 5) is 37.0. The fourth-order valence-corrected chi connectivity index (χ4v) is 3.40. The van der Waals surface area contributed by atoms with Crippen molar-refractivity contribution in [3.63, 3.8) is 0 Å². The first kappa shape index (κ1) is 20.6. The second-order valence-electron chi connectivity index (χ2n) is 6.02. The lowest BCUT2D eigenvalue weighted by atomic mass is 10.2. The van der Waals surface area contributed by atoms with Gasteiger partial charge in [0.1, 0.15) is 24.7 Å². The molecule has 0 unspecified atom stereocenters. The molecule has 0 bridgehead atoms. The van der Waals surface area contributed by atoms with Gasteiger partial charge in [0.25, 0.3) is 11.1 Å². The molecule has 6 nitrogen and oxygen atoms in total. The highest BCUT2D eigenvalue weighted by atomic mass is 32.2. The van der Waals surface area contributed by atoms with E-state index in [1.807, 2.05) is 0 Å². The average molecular weight is 415 g/mol. The number of benzene rings is 2.